The van der Waals surface area contributed by atoms with E-state index in [-0.39, 0.29) is 13.2 Å². The van der Waals surface area contributed by atoms with Crippen LogP contribution in [0, 0.1) is 0 Å². The summed E-state index contributed by atoms with van der Waals surface area (Å²) in [4.78, 5) is 12.3. The lowest BCUT2D eigenvalue weighted by atomic mass is 10.2. The van der Waals surface area contributed by atoms with E-state index in [9.17, 15) is 4.79 Å². The highest BCUT2D eigenvalue weighted by atomic mass is 35.5. The monoisotopic (exact) mass is 484 g/mol. The van der Waals surface area contributed by atoms with Gasteiger partial charge in [-0.15, -0.1) is 0 Å². The molecule has 0 saturated carbocycles. The predicted molar refractivity (Wildman–Crippen MR) is 136 cm³/mol. The minimum Gasteiger partial charge on any atom is -0.490 e. The average Bonchev–Trinajstić information content (AvgIpc) is 3.51. The third-order valence-corrected chi connectivity index (χ3v) is 5.48. The molecule has 0 saturated heterocycles. The molecule has 0 aliphatic carbocycles. The second-order valence-corrected chi connectivity index (χ2v) is 8.10. The fraction of sp³-hybridized carbons (Fsp3) is 0.0714. The number of esters is 1. The summed E-state index contributed by atoms with van der Waals surface area (Å²) in [5.41, 5.74) is 3.01. The Morgan fingerprint density at radius 2 is 1.74 bits per heavy atom. The Bertz CT molecular complexity index is 1440. The van der Waals surface area contributed by atoms with Crippen molar-refractivity contribution in [3.05, 3.63) is 108 Å². The number of halogens is 1. The molecule has 6 nitrogen and oxygen atoms in total. The summed E-state index contributed by atoms with van der Waals surface area (Å²) >= 11 is 5.86. The van der Waals surface area contributed by atoms with Gasteiger partial charge in [-0.25, -0.2) is 9.48 Å². The Morgan fingerprint density at radius 3 is 2.54 bits per heavy atom. The van der Waals surface area contributed by atoms with E-state index in [1.54, 1.807) is 35.0 Å². The van der Waals surface area contributed by atoms with E-state index >= 15 is 0 Å². The van der Waals surface area contributed by atoms with Crippen molar-refractivity contribution in [1.82, 2.24) is 9.78 Å². The quantitative estimate of drug-likeness (QED) is 0.141. The summed E-state index contributed by atoms with van der Waals surface area (Å²) in [5.74, 6) is 0.794. The summed E-state index contributed by atoms with van der Waals surface area (Å²) in [6.45, 7) is 0.350. The third-order valence-electron chi connectivity index (χ3n) is 5.23. The average molecular weight is 485 g/mol. The molecule has 5 aromatic rings. The smallest absolute Gasteiger partial charge is 0.330 e. The van der Waals surface area contributed by atoms with Crippen LogP contribution in [-0.4, -0.2) is 29.0 Å². The number of hydrogen-bond donors (Lipinski definition) is 0. The van der Waals surface area contributed by atoms with Crippen LogP contribution >= 0.6 is 11.6 Å². The predicted octanol–water partition coefficient (Wildman–Crippen LogP) is 6.57. The lowest BCUT2D eigenvalue weighted by Gasteiger charge is -2.06. The number of carbonyl (C=O) groups is 1. The topological polar surface area (TPSA) is 66.5 Å². The zero-order valence-electron chi connectivity index (χ0n) is 18.6. The van der Waals surface area contributed by atoms with Crippen molar-refractivity contribution in [3.8, 4) is 22.9 Å². The number of ether oxygens (including phenoxy) is 2. The largest absolute Gasteiger partial charge is 0.490 e. The van der Waals surface area contributed by atoms with Crippen LogP contribution in [-0.2, 0) is 9.53 Å². The number of para-hydroxylation sites is 2. The zero-order chi connectivity index (χ0) is 24.0. The molecule has 7 heteroatoms. The molecule has 0 bridgehead atoms. The highest BCUT2D eigenvalue weighted by Gasteiger charge is 2.15. The fourth-order valence-corrected chi connectivity index (χ4v) is 3.68. The number of fused-ring (bicyclic) bond motifs is 1. The molecule has 0 spiro atoms. The molecule has 0 aliphatic rings. The maximum atomic E-state index is 12.3. The molecule has 174 valence electrons. The number of benzene rings is 3. The standard InChI is InChI=1S/C28H21ClN2O4/c29-22-11-13-24(14-12-22)33-16-17-34-27(32)15-10-21-19-31(23-7-2-1-3-8-23)30-28(21)26-18-20-6-4-5-9-25(20)35-26/h1-15,18-19H,16-17H2. The van der Waals surface area contributed by atoms with Crippen LogP contribution in [0.2, 0.25) is 5.02 Å². The summed E-state index contributed by atoms with van der Waals surface area (Å²) in [6.07, 6.45) is 4.91. The van der Waals surface area contributed by atoms with Crippen molar-refractivity contribution in [2.24, 2.45) is 0 Å². The second kappa shape index (κ2) is 10.3. The van der Waals surface area contributed by atoms with Crippen LogP contribution in [0.25, 0.3) is 34.2 Å². The van der Waals surface area contributed by atoms with Gasteiger partial charge in [-0.05, 0) is 54.6 Å². The van der Waals surface area contributed by atoms with E-state index in [0.717, 1.165) is 22.2 Å². The van der Waals surface area contributed by atoms with Crippen molar-refractivity contribution >= 4 is 34.6 Å². The van der Waals surface area contributed by atoms with Gasteiger partial charge in [0, 0.05) is 28.2 Å². The first-order chi connectivity index (χ1) is 17.2. The lowest BCUT2D eigenvalue weighted by molar-refractivity contribution is -0.138. The molecule has 0 fully saturated rings. The van der Waals surface area contributed by atoms with Gasteiger partial charge < -0.3 is 13.9 Å². The minimum absolute atomic E-state index is 0.117. The molecule has 0 aliphatic heterocycles. The zero-order valence-corrected chi connectivity index (χ0v) is 19.4. The van der Waals surface area contributed by atoms with E-state index < -0.39 is 5.97 Å². The molecular weight excluding hydrogens is 464 g/mol. The molecule has 35 heavy (non-hydrogen) atoms. The molecule has 0 radical (unpaired) electrons. The number of carbonyl (C=O) groups excluding carboxylic acids is 1. The Hall–Kier alpha value is -4.29. The minimum atomic E-state index is -0.479. The van der Waals surface area contributed by atoms with Crippen LogP contribution in [0.5, 0.6) is 5.75 Å². The molecule has 0 amide bonds. The number of rotatable bonds is 8. The van der Waals surface area contributed by atoms with Crippen molar-refractivity contribution in [2.75, 3.05) is 13.2 Å². The van der Waals surface area contributed by atoms with E-state index in [2.05, 4.69) is 0 Å². The molecule has 2 aromatic heterocycles. The number of furan rings is 1. The highest BCUT2D eigenvalue weighted by Crippen LogP contribution is 2.30. The molecule has 0 N–H and O–H groups in total. The summed E-state index contributed by atoms with van der Waals surface area (Å²) in [5, 5.41) is 6.34. The normalized spacial score (nSPS) is 11.2. The molecular formula is C28H21ClN2O4. The van der Waals surface area contributed by atoms with Crippen molar-refractivity contribution < 1.29 is 18.7 Å². The Kier molecular flexibility index (Phi) is 6.63. The van der Waals surface area contributed by atoms with Crippen LogP contribution < -0.4 is 4.74 Å². The van der Waals surface area contributed by atoms with Crippen molar-refractivity contribution in [2.45, 2.75) is 0 Å². The first-order valence-corrected chi connectivity index (χ1v) is 11.4. The molecule has 0 unspecified atom stereocenters. The maximum Gasteiger partial charge on any atom is 0.330 e. The molecule has 2 heterocycles. The molecule has 3 aromatic carbocycles. The Morgan fingerprint density at radius 1 is 0.971 bits per heavy atom. The summed E-state index contributed by atoms with van der Waals surface area (Å²) in [6, 6.07) is 26.4. The highest BCUT2D eigenvalue weighted by molar-refractivity contribution is 6.30. The van der Waals surface area contributed by atoms with Gasteiger partial charge >= 0.3 is 5.97 Å². The Labute approximate surface area is 207 Å². The van der Waals surface area contributed by atoms with Gasteiger partial charge in [-0.3, -0.25) is 0 Å². The van der Waals surface area contributed by atoms with E-state index in [4.69, 9.17) is 30.6 Å². The second-order valence-electron chi connectivity index (χ2n) is 7.66. The van der Waals surface area contributed by atoms with Gasteiger partial charge in [-0.1, -0.05) is 48.0 Å². The number of hydrogen-bond acceptors (Lipinski definition) is 5. The molecule has 0 atom stereocenters. The fourth-order valence-electron chi connectivity index (χ4n) is 3.55. The lowest BCUT2D eigenvalue weighted by Crippen LogP contribution is -2.10. The van der Waals surface area contributed by atoms with Crippen molar-refractivity contribution in [1.29, 1.82) is 0 Å². The van der Waals surface area contributed by atoms with Gasteiger partial charge in [0.15, 0.2) is 5.76 Å². The third kappa shape index (κ3) is 5.45. The van der Waals surface area contributed by atoms with E-state index in [1.165, 1.54) is 6.08 Å². The van der Waals surface area contributed by atoms with Crippen LogP contribution in [0.15, 0.2) is 102 Å². The Balaban J connectivity index is 1.31. The van der Waals surface area contributed by atoms with E-state index in [1.807, 2.05) is 66.9 Å². The van der Waals surface area contributed by atoms with Crippen LogP contribution in [0.1, 0.15) is 5.56 Å². The first-order valence-electron chi connectivity index (χ1n) is 11.0. The van der Waals surface area contributed by atoms with Gasteiger partial charge in [-0.2, -0.15) is 5.10 Å². The van der Waals surface area contributed by atoms with Crippen molar-refractivity contribution in [3.63, 3.8) is 0 Å². The summed E-state index contributed by atoms with van der Waals surface area (Å²) in [7, 11) is 0. The number of aromatic nitrogens is 2. The van der Waals surface area contributed by atoms with Gasteiger partial charge in [0.25, 0.3) is 0 Å². The van der Waals surface area contributed by atoms with Crippen LogP contribution in [0.3, 0.4) is 0 Å². The van der Waals surface area contributed by atoms with Crippen LogP contribution in [0.4, 0.5) is 0 Å². The van der Waals surface area contributed by atoms with Gasteiger partial charge in [0.2, 0.25) is 0 Å². The maximum absolute atomic E-state index is 12.3. The first kappa shape index (κ1) is 22.5. The summed E-state index contributed by atoms with van der Waals surface area (Å²) < 4.78 is 18.6. The van der Waals surface area contributed by atoms with Gasteiger partial charge in [0.05, 0.1) is 5.69 Å². The van der Waals surface area contributed by atoms with Gasteiger partial charge in [0.1, 0.15) is 30.2 Å². The molecule has 5 rings (SSSR count). The SMILES string of the molecule is O=C(C=Cc1cn(-c2ccccc2)nc1-c1cc2ccccc2o1)OCCOc1ccc(Cl)cc1. The number of nitrogens with zero attached hydrogens (tertiary/aromatic N) is 2. The van der Waals surface area contributed by atoms with E-state index in [0.29, 0.717) is 22.2 Å².